The topological polar surface area (TPSA) is 89.0 Å². The zero-order valence-corrected chi connectivity index (χ0v) is 22.4. The first-order chi connectivity index (χ1) is 18.3. The van der Waals surface area contributed by atoms with Crippen molar-refractivity contribution in [2.45, 2.75) is 39.8 Å². The third-order valence-electron chi connectivity index (χ3n) is 6.27. The molecule has 2 aromatic carbocycles. The fourth-order valence-corrected chi connectivity index (χ4v) is 4.45. The summed E-state index contributed by atoms with van der Waals surface area (Å²) in [5.74, 6) is -0.157. The monoisotopic (exact) mass is 534 g/mol. The van der Waals surface area contributed by atoms with Gasteiger partial charge in [-0.3, -0.25) is 14.6 Å². The van der Waals surface area contributed by atoms with E-state index < -0.39 is 17.7 Å². The average Bonchev–Trinajstić information content (AvgIpc) is 3.15. The van der Waals surface area contributed by atoms with E-state index in [1.807, 2.05) is 13.0 Å². The van der Waals surface area contributed by atoms with Gasteiger partial charge in [-0.15, -0.1) is 0 Å². The number of pyridine rings is 1. The van der Waals surface area contributed by atoms with E-state index in [1.54, 1.807) is 60.9 Å². The Morgan fingerprint density at radius 3 is 2.50 bits per heavy atom. The molecule has 1 atom stereocenters. The van der Waals surface area contributed by atoms with Crippen LogP contribution in [-0.4, -0.2) is 39.9 Å². The van der Waals surface area contributed by atoms with Gasteiger partial charge in [0.1, 0.15) is 5.76 Å². The van der Waals surface area contributed by atoms with Gasteiger partial charge in [-0.05, 0) is 72.9 Å². The maximum absolute atomic E-state index is 13.3. The number of aromatic nitrogens is 1. The van der Waals surface area contributed by atoms with Gasteiger partial charge in [0.15, 0.2) is 11.5 Å². The van der Waals surface area contributed by atoms with Crippen molar-refractivity contribution < 1.29 is 24.2 Å². The van der Waals surface area contributed by atoms with Crippen LogP contribution in [0, 0.1) is 5.92 Å². The van der Waals surface area contributed by atoms with E-state index in [0.717, 1.165) is 12.0 Å². The van der Waals surface area contributed by atoms with Crippen LogP contribution < -0.4 is 9.47 Å². The van der Waals surface area contributed by atoms with Gasteiger partial charge < -0.3 is 19.5 Å². The van der Waals surface area contributed by atoms with Crippen LogP contribution in [-0.2, 0) is 16.1 Å². The van der Waals surface area contributed by atoms with Crippen LogP contribution in [0.1, 0.15) is 49.9 Å². The number of carbonyl (C=O) groups is 2. The number of rotatable bonds is 10. The molecule has 1 aliphatic heterocycles. The van der Waals surface area contributed by atoms with Gasteiger partial charge >= 0.3 is 0 Å². The minimum absolute atomic E-state index is 0.00265. The van der Waals surface area contributed by atoms with Crippen molar-refractivity contribution in [3.05, 3.63) is 94.3 Å². The molecular formula is C30H31ClN2O5. The highest BCUT2D eigenvalue weighted by molar-refractivity contribution is 6.46. The van der Waals surface area contributed by atoms with Crippen molar-refractivity contribution >= 4 is 29.1 Å². The van der Waals surface area contributed by atoms with Crippen molar-refractivity contribution in [2.75, 3.05) is 13.2 Å². The fraction of sp³-hybridized carbons (Fsp3) is 0.300. The quantitative estimate of drug-likeness (QED) is 0.190. The highest BCUT2D eigenvalue weighted by atomic mass is 35.5. The normalized spacial score (nSPS) is 16.8. The van der Waals surface area contributed by atoms with Crippen LogP contribution in [0.25, 0.3) is 5.76 Å². The summed E-state index contributed by atoms with van der Waals surface area (Å²) in [6, 6.07) is 14.6. The molecular weight excluding hydrogens is 504 g/mol. The molecule has 198 valence electrons. The van der Waals surface area contributed by atoms with E-state index in [9.17, 15) is 14.7 Å². The van der Waals surface area contributed by atoms with Gasteiger partial charge in [-0.25, -0.2) is 0 Å². The molecule has 7 nitrogen and oxygen atoms in total. The predicted molar refractivity (Wildman–Crippen MR) is 146 cm³/mol. The first-order valence-corrected chi connectivity index (χ1v) is 13.0. The second-order valence-electron chi connectivity index (χ2n) is 9.47. The number of ether oxygens (including phenoxy) is 2. The van der Waals surface area contributed by atoms with Gasteiger partial charge in [0.25, 0.3) is 11.7 Å². The predicted octanol–water partition coefficient (Wildman–Crippen LogP) is 6.18. The molecule has 0 aliphatic carbocycles. The minimum Gasteiger partial charge on any atom is -0.507 e. The molecule has 1 fully saturated rings. The summed E-state index contributed by atoms with van der Waals surface area (Å²) in [4.78, 5) is 32.2. The number of carbonyl (C=O) groups excluding carboxylic acids is 2. The van der Waals surface area contributed by atoms with E-state index in [2.05, 4.69) is 18.8 Å². The third-order valence-corrected chi connectivity index (χ3v) is 6.52. The molecule has 4 rings (SSSR count). The first-order valence-electron chi connectivity index (χ1n) is 12.6. The summed E-state index contributed by atoms with van der Waals surface area (Å²) in [5.41, 5.74) is 1.75. The lowest BCUT2D eigenvalue weighted by Crippen LogP contribution is -2.29. The summed E-state index contributed by atoms with van der Waals surface area (Å²) in [6.45, 7) is 7.21. The standard InChI is InChI=1S/C30H31ClN2O5/c1-4-37-25-16-22(9-12-24(25)38-15-13-19(2)3)27-26(28(34)21-7-10-23(31)11-8-21)29(35)30(36)33(27)18-20-6-5-14-32-17-20/h5-12,14,16-17,19,27,34H,4,13,15,18H2,1-3H3. The summed E-state index contributed by atoms with van der Waals surface area (Å²) in [7, 11) is 0. The Kier molecular flexibility index (Phi) is 8.69. The van der Waals surface area contributed by atoms with Crippen molar-refractivity contribution in [3.63, 3.8) is 0 Å². The highest BCUT2D eigenvalue weighted by Crippen LogP contribution is 2.43. The Labute approximate surface area is 227 Å². The number of likely N-dealkylation sites (tertiary alicyclic amines) is 1. The summed E-state index contributed by atoms with van der Waals surface area (Å²) in [5, 5.41) is 11.8. The molecule has 1 N–H and O–H groups in total. The van der Waals surface area contributed by atoms with E-state index in [0.29, 0.717) is 46.8 Å². The summed E-state index contributed by atoms with van der Waals surface area (Å²) >= 11 is 6.02. The molecule has 38 heavy (non-hydrogen) atoms. The van der Waals surface area contributed by atoms with Gasteiger partial charge in [-0.2, -0.15) is 0 Å². The number of benzene rings is 2. The number of ketones is 1. The van der Waals surface area contributed by atoms with E-state index >= 15 is 0 Å². The molecule has 1 saturated heterocycles. The molecule has 0 bridgehead atoms. The van der Waals surface area contributed by atoms with Crippen LogP contribution in [0.2, 0.25) is 5.02 Å². The maximum Gasteiger partial charge on any atom is 0.295 e. The minimum atomic E-state index is -0.852. The van der Waals surface area contributed by atoms with Crippen LogP contribution >= 0.6 is 11.6 Å². The van der Waals surface area contributed by atoms with E-state index in [4.69, 9.17) is 21.1 Å². The molecule has 1 amide bonds. The van der Waals surface area contributed by atoms with Crippen LogP contribution in [0.3, 0.4) is 0 Å². The zero-order valence-electron chi connectivity index (χ0n) is 21.7. The number of amides is 1. The fourth-order valence-electron chi connectivity index (χ4n) is 4.33. The lowest BCUT2D eigenvalue weighted by atomic mass is 9.95. The van der Waals surface area contributed by atoms with E-state index in [1.165, 1.54) is 4.90 Å². The third kappa shape index (κ3) is 6.00. The number of aliphatic hydroxyl groups excluding tert-OH is 1. The Balaban J connectivity index is 1.81. The molecule has 1 unspecified atom stereocenters. The molecule has 0 saturated carbocycles. The van der Waals surface area contributed by atoms with Gasteiger partial charge in [0.05, 0.1) is 24.8 Å². The first kappa shape index (κ1) is 27.2. The van der Waals surface area contributed by atoms with Gasteiger partial charge in [-0.1, -0.05) is 37.6 Å². The van der Waals surface area contributed by atoms with Crippen molar-refractivity contribution in [3.8, 4) is 11.5 Å². The number of nitrogens with zero attached hydrogens (tertiary/aromatic N) is 2. The smallest absolute Gasteiger partial charge is 0.295 e. The Bertz CT molecular complexity index is 1320. The molecule has 2 heterocycles. The SMILES string of the molecule is CCOc1cc(C2C(=C(O)c3ccc(Cl)cc3)C(=O)C(=O)N2Cc2cccnc2)ccc1OCCC(C)C. The lowest BCUT2D eigenvalue weighted by Gasteiger charge is -2.26. The van der Waals surface area contributed by atoms with Crippen molar-refractivity contribution in [2.24, 2.45) is 5.92 Å². The molecule has 0 spiro atoms. The zero-order chi connectivity index (χ0) is 27.2. The van der Waals surface area contributed by atoms with Gasteiger partial charge in [0, 0.05) is 29.5 Å². The molecule has 1 aromatic heterocycles. The van der Waals surface area contributed by atoms with Crippen LogP contribution in [0.4, 0.5) is 0 Å². The second kappa shape index (κ2) is 12.1. The molecule has 8 heteroatoms. The van der Waals surface area contributed by atoms with Crippen LogP contribution in [0.15, 0.2) is 72.6 Å². The molecule has 0 radical (unpaired) electrons. The molecule has 3 aromatic rings. The largest absolute Gasteiger partial charge is 0.507 e. The number of Topliss-reactive ketones (excluding diaryl/α,β-unsaturated/α-hetero) is 1. The Morgan fingerprint density at radius 2 is 1.84 bits per heavy atom. The summed E-state index contributed by atoms with van der Waals surface area (Å²) < 4.78 is 11.9. The van der Waals surface area contributed by atoms with Crippen molar-refractivity contribution in [1.82, 2.24) is 9.88 Å². The highest BCUT2D eigenvalue weighted by Gasteiger charge is 2.46. The molecule has 1 aliphatic rings. The maximum atomic E-state index is 13.3. The number of halogens is 1. The van der Waals surface area contributed by atoms with Gasteiger partial charge in [0.2, 0.25) is 0 Å². The summed E-state index contributed by atoms with van der Waals surface area (Å²) in [6.07, 6.45) is 4.18. The average molecular weight is 535 g/mol. The van der Waals surface area contributed by atoms with E-state index in [-0.39, 0.29) is 17.9 Å². The van der Waals surface area contributed by atoms with Crippen molar-refractivity contribution in [1.29, 1.82) is 0 Å². The number of hydrogen-bond donors (Lipinski definition) is 1. The number of hydrogen-bond acceptors (Lipinski definition) is 6. The lowest BCUT2D eigenvalue weighted by molar-refractivity contribution is -0.140. The Morgan fingerprint density at radius 1 is 1.08 bits per heavy atom. The number of aliphatic hydroxyl groups is 1. The van der Waals surface area contributed by atoms with Crippen LogP contribution in [0.5, 0.6) is 11.5 Å². The Hall–Kier alpha value is -3.84. The second-order valence-corrected chi connectivity index (χ2v) is 9.90.